The Labute approximate surface area is 98.7 Å². The highest BCUT2D eigenvalue weighted by molar-refractivity contribution is 5.70. The molecule has 0 aromatic heterocycles. The molecule has 0 aromatic rings. The van der Waals surface area contributed by atoms with Gasteiger partial charge in [0.25, 0.3) is 0 Å². The topological polar surface area (TPSA) is 52.3 Å². The van der Waals surface area contributed by atoms with Crippen LogP contribution in [0.15, 0.2) is 0 Å². The van der Waals surface area contributed by atoms with Gasteiger partial charge in [-0.3, -0.25) is 4.79 Å². The average molecular weight is 227 g/mol. The maximum atomic E-state index is 11.3. The number of ether oxygens (including phenoxy) is 1. The Kier molecular flexibility index (Phi) is 5.81. The molecule has 3 atom stereocenters. The first-order valence-electron chi connectivity index (χ1n) is 6.58. The van der Waals surface area contributed by atoms with Gasteiger partial charge in [0.1, 0.15) is 0 Å². The monoisotopic (exact) mass is 227 g/mol. The van der Waals surface area contributed by atoms with Crippen molar-refractivity contribution in [3.63, 3.8) is 0 Å². The highest BCUT2D eigenvalue weighted by atomic mass is 16.5. The van der Waals surface area contributed by atoms with Crippen LogP contribution in [0.25, 0.3) is 0 Å². The molecule has 1 aliphatic carbocycles. The summed E-state index contributed by atoms with van der Waals surface area (Å²) >= 11 is 0. The summed E-state index contributed by atoms with van der Waals surface area (Å²) in [5.74, 6) is 1.18. The highest BCUT2D eigenvalue weighted by Gasteiger charge is 2.27. The molecule has 3 unspecified atom stereocenters. The van der Waals surface area contributed by atoms with Crippen molar-refractivity contribution < 1.29 is 9.53 Å². The van der Waals surface area contributed by atoms with Crippen molar-refractivity contribution in [2.45, 2.75) is 58.4 Å². The van der Waals surface area contributed by atoms with E-state index in [1.807, 2.05) is 6.92 Å². The molecule has 0 radical (unpaired) electrons. The largest absolute Gasteiger partial charge is 0.466 e. The van der Waals surface area contributed by atoms with E-state index in [1.54, 1.807) is 0 Å². The minimum Gasteiger partial charge on any atom is -0.466 e. The van der Waals surface area contributed by atoms with Crippen molar-refractivity contribution in [3.05, 3.63) is 0 Å². The summed E-state index contributed by atoms with van der Waals surface area (Å²) in [7, 11) is 0. The van der Waals surface area contributed by atoms with E-state index in [-0.39, 0.29) is 12.0 Å². The molecule has 1 fully saturated rings. The molecule has 0 aromatic carbocycles. The van der Waals surface area contributed by atoms with Gasteiger partial charge in [0.2, 0.25) is 0 Å². The van der Waals surface area contributed by atoms with E-state index in [9.17, 15) is 4.79 Å². The van der Waals surface area contributed by atoms with Gasteiger partial charge in [-0.1, -0.05) is 26.2 Å². The second-order valence-electron chi connectivity index (χ2n) is 4.87. The molecule has 0 amide bonds. The predicted octanol–water partition coefficient (Wildman–Crippen LogP) is 2.48. The number of carbonyl (C=O) groups excluding carboxylic acids is 1. The van der Waals surface area contributed by atoms with Gasteiger partial charge in [0.15, 0.2) is 0 Å². The van der Waals surface area contributed by atoms with E-state index in [0.717, 1.165) is 5.92 Å². The third-order valence-electron chi connectivity index (χ3n) is 3.71. The Hall–Kier alpha value is -0.570. The summed E-state index contributed by atoms with van der Waals surface area (Å²) in [6.45, 7) is 4.52. The number of carbonyl (C=O) groups is 1. The lowest BCUT2D eigenvalue weighted by atomic mass is 9.76. The van der Waals surface area contributed by atoms with Crippen LogP contribution < -0.4 is 5.73 Å². The number of esters is 1. The fourth-order valence-corrected chi connectivity index (χ4v) is 2.67. The summed E-state index contributed by atoms with van der Waals surface area (Å²) in [5, 5.41) is 0. The van der Waals surface area contributed by atoms with Gasteiger partial charge in [0, 0.05) is 6.04 Å². The second-order valence-corrected chi connectivity index (χ2v) is 4.87. The van der Waals surface area contributed by atoms with Crippen LogP contribution in [-0.4, -0.2) is 18.6 Å². The number of nitrogens with two attached hydrogens (primary N) is 1. The predicted molar refractivity (Wildman–Crippen MR) is 65.0 cm³/mol. The minimum absolute atomic E-state index is 0.00611. The quantitative estimate of drug-likeness (QED) is 0.734. The summed E-state index contributed by atoms with van der Waals surface area (Å²) in [4.78, 5) is 11.3. The van der Waals surface area contributed by atoms with Crippen LogP contribution in [0.5, 0.6) is 0 Å². The van der Waals surface area contributed by atoms with E-state index < -0.39 is 0 Å². The molecule has 0 heterocycles. The number of hydrogen-bond acceptors (Lipinski definition) is 3. The van der Waals surface area contributed by atoms with Gasteiger partial charge >= 0.3 is 5.97 Å². The van der Waals surface area contributed by atoms with E-state index >= 15 is 0 Å². The van der Waals surface area contributed by atoms with E-state index in [1.165, 1.54) is 32.1 Å². The van der Waals surface area contributed by atoms with Crippen molar-refractivity contribution in [1.82, 2.24) is 0 Å². The first-order valence-corrected chi connectivity index (χ1v) is 6.58. The Morgan fingerprint density at radius 2 is 2.19 bits per heavy atom. The Bertz CT molecular complexity index is 218. The molecule has 1 aliphatic rings. The van der Waals surface area contributed by atoms with Crippen LogP contribution in [0, 0.1) is 11.8 Å². The zero-order valence-electron chi connectivity index (χ0n) is 10.6. The highest BCUT2D eigenvalue weighted by Crippen LogP contribution is 2.33. The lowest BCUT2D eigenvalue weighted by molar-refractivity contribution is -0.143. The van der Waals surface area contributed by atoms with Gasteiger partial charge in [0.05, 0.1) is 13.0 Å². The third kappa shape index (κ3) is 4.12. The molecule has 1 rings (SSSR count). The molecule has 3 nitrogen and oxygen atoms in total. The SMILES string of the molecule is CCOC(=O)CC(N)C1CCCC(CC)C1. The zero-order chi connectivity index (χ0) is 12.0. The standard InChI is InChI=1S/C13H25NO2/c1-3-10-6-5-7-11(8-10)12(14)9-13(15)16-4-2/h10-12H,3-9,14H2,1-2H3. The molecular formula is C13H25NO2. The molecule has 0 spiro atoms. The molecular weight excluding hydrogens is 202 g/mol. The van der Waals surface area contributed by atoms with Crippen LogP contribution in [0.1, 0.15) is 52.4 Å². The lowest BCUT2D eigenvalue weighted by Crippen LogP contribution is -2.36. The van der Waals surface area contributed by atoms with Crippen molar-refractivity contribution in [3.8, 4) is 0 Å². The molecule has 1 saturated carbocycles. The summed E-state index contributed by atoms with van der Waals surface area (Å²) < 4.78 is 4.94. The molecule has 94 valence electrons. The maximum absolute atomic E-state index is 11.3. The van der Waals surface area contributed by atoms with E-state index in [4.69, 9.17) is 10.5 Å². The summed E-state index contributed by atoms with van der Waals surface area (Å²) in [6, 6.07) is -0.00611. The smallest absolute Gasteiger partial charge is 0.307 e. The molecule has 2 N–H and O–H groups in total. The molecule has 16 heavy (non-hydrogen) atoms. The van der Waals surface area contributed by atoms with Crippen LogP contribution in [-0.2, 0) is 9.53 Å². The Morgan fingerprint density at radius 3 is 2.81 bits per heavy atom. The lowest BCUT2D eigenvalue weighted by Gasteiger charge is -2.32. The third-order valence-corrected chi connectivity index (χ3v) is 3.71. The number of rotatable bonds is 5. The van der Waals surface area contributed by atoms with Crippen LogP contribution in [0.2, 0.25) is 0 Å². The van der Waals surface area contributed by atoms with Gasteiger partial charge in [-0.2, -0.15) is 0 Å². The average Bonchev–Trinajstić information content (AvgIpc) is 2.29. The summed E-state index contributed by atoms with van der Waals surface area (Å²) in [5.41, 5.74) is 6.10. The first kappa shape index (κ1) is 13.5. The molecule has 0 aliphatic heterocycles. The Balaban J connectivity index is 2.34. The molecule has 3 heteroatoms. The maximum Gasteiger partial charge on any atom is 0.307 e. The zero-order valence-corrected chi connectivity index (χ0v) is 10.6. The summed E-state index contributed by atoms with van der Waals surface area (Å²) in [6.07, 6.45) is 6.59. The normalized spacial score (nSPS) is 27.4. The van der Waals surface area contributed by atoms with Crippen molar-refractivity contribution in [2.75, 3.05) is 6.61 Å². The van der Waals surface area contributed by atoms with Crippen LogP contribution >= 0.6 is 0 Å². The second kappa shape index (κ2) is 6.89. The van der Waals surface area contributed by atoms with Gasteiger partial charge in [-0.15, -0.1) is 0 Å². The van der Waals surface area contributed by atoms with Crippen molar-refractivity contribution in [2.24, 2.45) is 17.6 Å². The van der Waals surface area contributed by atoms with Crippen molar-refractivity contribution in [1.29, 1.82) is 0 Å². The fraction of sp³-hybridized carbons (Fsp3) is 0.923. The van der Waals surface area contributed by atoms with Crippen LogP contribution in [0.3, 0.4) is 0 Å². The minimum atomic E-state index is -0.145. The van der Waals surface area contributed by atoms with Crippen LogP contribution in [0.4, 0.5) is 0 Å². The molecule has 0 saturated heterocycles. The van der Waals surface area contributed by atoms with E-state index in [2.05, 4.69) is 6.92 Å². The fourth-order valence-electron chi connectivity index (χ4n) is 2.67. The van der Waals surface area contributed by atoms with E-state index in [0.29, 0.717) is 18.9 Å². The first-order chi connectivity index (χ1) is 7.67. The Morgan fingerprint density at radius 1 is 1.44 bits per heavy atom. The van der Waals surface area contributed by atoms with Crippen molar-refractivity contribution >= 4 is 5.97 Å². The number of hydrogen-bond donors (Lipinski definition) is 1. The van der Waals surface area contributed by atoms with Gasteiger partial charge in [-0.25, -0.2) is 0 Å². The van der Waals surface area contributed by atoms with Gasteiger partial charge < -0.3 is 10.5 Å². The van der Waals surface area contributed by atoms with Gasteiger partial charge in [-0.05, 0) is 31.6 Å². The molecule has 0 bridgehead atoms.